The van der Waals surface area contributed by atoms with Gasteiger partial charge in [0.25, 0.3) is 0 Å². The molecule has 1 unspecified atom stereocenters. The summed E-state index contributed by atoms with van der Waals surface area (Å²) in [6, 6.07) is 10.9. The maximum atomic E-state index is 12.6. The molecule has 39 heavy (non-hydrogen) atoms. The minimum Gasteiger partial charge on any atom is -0.377 e. The number of fused-ring (bicyclic) bond motifs is 1. The van der Waals surface area contributed by atoms with E-state index in [1.165, 1.54) is 50.5 Å². The first-order chi connectivity index (χ1) is 19.0. The van der Waals surface area contributed by atoms with Gasteiger partial charge in [0.1, 0.15) is 5.52 Å². The van der Waals surface area contributed by atoms with Gasteiger partial charge in [-0.3, -0.25) is 4.21 Å². The maximum Gasteiger partial charge on any atom is 0.222 e. The zero-order valence-electron chi connectivity index (χ0n) is 23.5. The normalized spacial score (nSPS) is 25.8. The van der Waals surface area contributed by atoms with E-state index in [9.17, 15) is 4.21 Å². The van der Waals surface area contributed by atoms with Crippen molar-refractivity contribution in [2.75, 3.05) is 36.2 Å². The summed E-state index contributed by atoms with van der Waals surface area (Å²) in [6.07, 6.45) is 10.4. The Labute approximate surface area is 234 Å². The van der Waals surface area contributed by atoms with Crippen LogP contribution in [-0.4, -0.2) is 55.8 Å². The lowest BCUT2D eigenvalue weighted by atomic mass is 9.80. The Hall–Kier alpha value is -2.52. The summed E-state index contributed by atoms with van der Waals surface area (Å²) in [7, 11) is -1.30. The number of nitrogens with one attached hydrogen (secondary N) is 1. The molecule has 9 heteroatoms. The molecular formula is C30H42N6O2S. The maximum absolute atomic E-state index is 12.6. The van der Waals surface area contributed by atoms with Gasteiger partial charge in [0, 0.05) is 25.4 Å². The van der Waals surface area contributed by atoms with E-state index in [1.807, 2.05) is 0 Å². The number of nitrogens with zero attached hydrogens (tertiary/aromatic N) is 5. The van der Waals surface area contributed by atoms with Gasteiger partial charge >= 0.3 is 0 Å². The number of rotatable bonds is 8. The third-order valence-corrected chi connectivity index (χ3v) is 9.88. The van der Waals surface area contributed by atoms with E-state index in [-0.39, 0.29) is 12.1 Å². The first-order valence-electron chi connectivity index (χ1n) is 14.8. The Kier molecular flexibility index (Phi) is 7.89. The van der Waals surface area contributed by atoms with Gasteiger partial charge in [-0.2, -0.15) is 9.97 Å². The van der Waals surface area contributed by atoms with E-state index in [1.54, 1.807) is 6.26 Å². The standard InChI is InChI=1S/C30H42N6O2S/c1-20-12-14-22(15-13-20)18-36-26-27(31-21(2)23-10-7-11-23)32-29(39(3)37)33-28(26)34-30(36)35-16-17-38-19-25(35)24-8-5-4-6-9-24/h4-6,8-9,20-23,25H,7,10-19H2,1-3H3,(H,31,32,33)/t20?,21-,22?,25+,39?/m1/s1. The monoisotopic (exact) mass is 550 g/mol. The minimum absolute atomic E-state index is 0.0694. The second-order valence-corrected chi connectivity index (χ2v) is 13.2. The average molecular weight is 551 g/mol. The molecule has 1 aliphatic heterocycles. The summed E-state index contributed by atoms with van der Waals surface area (Å²) >= 11 is 0. The molecule has 0 radical (unpaired) electrons. The fraction of sp³-hybridized carbons (Fsp3) is 0.633. The molecule has 0 spiro atoms. The van der Waals surface area contributed by atoms with Crippen molar-refractivity contribution in [2.45, 2.75) is 82.6 Å². The van der Waals surface area contributed by atoms with Crippen LogP contribution in [0, 0.1) is 17.8 Å². The number of anilines is 2. The van der Waals surface area contributed by atoms with Crippen LogP contribution in [0.15, 0.2) is 35.5 Å². The lowest BCUT2D eigenvalue weighted by Crippen LogP contribution is -2.41. The highest BCUT2D eigenvalue weighted by atomic mass is 32.2. The molecule has 210 valence electrons. The zero-order valence-corrected chi connectivity index (χ0v) is 24.3. The quantitative estimate of drug-likeness (QED) is 0.367. The molecule has 1 N–H and O–H groups in total. The molecule has 1 saturated heterocycles. The molecule has 3 heterocycles. The number of hydrogen-bond donors (Lipinski definition) is 1. The smallest absolute Gasteiger partial charge is 0.222 e. The first-order valence-corrected chi connectivity index (χ1v) is 16.3. The van der Waals surface area contributed by atoms with Gasteiger partial charge in [0.05, 0.1) is 30.1 Å². The molecule has 3 aromatic rings. The van der Waals surface area contributed by atoms with Crippen molar-refractivity contribution < 1.29 is 8.95 Å². The number of ether oxygens (including phenoxy) is 1. The Morgan fingerprint density at radius 1 is 1.08 bits per heavy atom. The molecule has 3 atom stereocenters. The molecular weight excluding hydrogens is 508 g/mol. The van der Waals surface area contributed by atoms with Crippen LogP contribution < -0.4 is 10.2 Å². The van der Waals surface area contributed by atoms with Crippen molar-refractivity contribution in [2.24, 2.45) is 17.8 Å². The van der Waals surface area contributed by atoms with Gasteiger partial charge in [-0.05, 0) is 55.9 Å². The second kappa shape index (κ2) is 11.5. The fourth-order valence-electron chi connectivity index (χ4n) is 6.46. The van der Waals surface area contributed by atoms with Gasteiger partial charge in [-0.15, -0.1) is 0 Å². The Morgan fingerprint density at radius 3 is 2.54 bits per heavy atom. The van der Waals surface area contributed by atoms with Crippen molar-refractivity contribution in [3.63, 3.8) is 0 Å². The molecule has 8 nitrogen and oxygen atoms in total. The zero-order chi connectivity index (χ0) is 26.9. The molecule has 3 fully saturated rings. The topological polar surface area (TPSA) is 85.2 Å². The van der Waals surface area contributed by atoms with Crippen LogP contribution in [0.2, 0.25) is 0 Å². The van der Waals surface area contributed by atoms with Gasteiger partial charge in [-0.1, -0.05) is 56.5 Å². The molecule has 2 saturated carbocycles. The van der Waals surface area contributed by atoms with E-state index in [0.29, 0.717) is 35.9 Å². The van der Waals surface area contributed by atoms with Crippen molar-refractivity contribution in [3.05, 3.63) is 35.9 Å². The van der Waals surface area contributed by atoms with Crippen molar-refractivity contribution >= 4 is 33.7 Å². The number of benzene rings is 1. The molecule has 6 rings (SSSR count). The van der Waals surface area contributed by atoms with Crippen LogP contribution in [0.4, 0.5) is 11.8 Å². The van der Waals surface area contributed by atoms with E-state index in [0.717, 1.165) is 36.3 Å². The highest BCUT2D eigenvalue weighted by Gasteiger charge is 2.33. The highest BCUT2D eigenvalue weighted by Crippen LogP contribution is 2.38. The largest absolute Gasteiger partial charge is 0.377 e. The van der Waals surface area contributed by atoms with Gasteiger partial charge < -0.3 is 19.5 Å². The molecule has 3 aliphatic rings. The average Bonchev–Trinajstić information content (AvgIpc) is 3.27. The number of morpholine rings is 1. The van der Waals surface area contributed by atoms with Crippen LogP contribution in [0.1, 0.15) is 70.4 Å². The Balaban J connectivity index is 1.47. The van der Waals surface area contributed by atoms with Crippen LogP contribution in [0.3, 0.4) is 0 Å². The SMILES string of the molecule is CC1CCC(Cn2c(N3CCOC[C@H]3c3ccccc3)nc3nc(S(C)=O)nc(N[C@H](C)C4CCC4)c32)CC1. The molecule has 0 bridgehead atoms. The van der Waals surface area contributed by atoms with Crippen LogP contribution in [-0.2, 0) is 22.1 Å². The first kappa shape index (κ1) is 26.7. The summed E-state index contributed by atoms with van der Waals surface area (Å²) in [6.45, 7) is 7.54. The molecule has 1 aromatic carbocycles. The van der Waals surface area contributed by atoms with Crippen molar-refractivity contribution in [1.82, 2.24) is 19.5 Å². The third kappa shape index (κ3) is 5.57. The summed E-state index contributed by atoms with van der Waals surface area (Å²) < 4.78 is 21.0. The predicted molar refractivity (Wildman–Crippen MR) is 157 cm³/mol. The lowest BCUT2D eigenvalue weighted by molar-refractivity contribution is 0.0927. The minimum atomic E-state index is -1.30. The summed E-state index contributed by atoms with van der Waals surface area (Å²) in [5.41, 5.74) is 2.80. The van der Waals surface area contributed by atoms with Crippen molar-refractivity contribution in [1.29, 1.82) is 0 Å². The fourth-order valence-corrected chi connectivity index (χ4v) is 6.90. The van der Waals surface area contributed by atoms with E-state index >= 15 is 0 Å². The van der Waals surface area contributed by atoms with Gasteiger partial charge in [0.15, 0.2) is 11.5 Å². The Morgan fingerprint density at radius 2 is 1.85 bits per heavy atom. The number of hydrogen-bond acceptors (Lipinski definition) is 7. The molecule has 2 aliphatic carbocycles. The predicted octanol–water partition coefficient (Wildman–Crippen LogP) is 5.57. The number of aromatic nitrogens is 4. The summed E-state index contributed by atoms with van der Waals surface area (Å²) in [5, 5.41) is 4.08. The summed E-state index contributed by atoms with van der Waals surface area (Å²) in [4.78, 5) is 17.2. The van der Waals surface area contributed by atoms with Crippen LogP contribution in [0.25, 0.3) is 11.2 Å². The van der Waals surface area contributed by atoms with Crippen molar-refractivity contribution in [3.8, 4) is 0 Å². The summed E-state index contributed by atoms with van der Waals surface area (Å²) in [5.74, 6) is 3.73. The second-order valence-electron chi connectivity index (χ2n) is 11.9. The third-order valence-electron chi connectivity index (χ3n) is 9.19. The van der Waals surface area contributed by atoms with E-state index in [2.05, 4.69) is 59.0 Å². The van der Waals surface area contributed by atoms with Crippen LogP contribution >= 0.6 is 0 Å². The van der Waals surface area contributed by atoms with Gasteiger partial charge in [-0.25, -0.2) is 4.98 Å². The number of imidazole rings is 1. The lowest BCUT2D eigenvalue weighted by Gasteiger charge is -2.37. The van der Waals surface area contributed by atoms with E-state index in [4.69, 9.17) is 19.7 Å². The van der Waals surface area contributed by atoms with E-state index < -0.39 is 10.8 Å². The Bertz CT molecular complexity index is 1300. The van der Waals surface area contributed by atoms with Gasteiger partial charge in [0.2, 0.25) is 11.1 Å². The van der Waals surface area contributed by atoms with Crippen LogP contribution in [0.5, 0.6) is 0 Å². The molecule has 2 aromatic heterocycles. The molecule has 0 amide bonds. The highest BCUT2D eigenvalue weighted by molar-refractivity contribution is 7.84.